The quantitative estimate of drug-likeness (QED) is 0.221. The van der Waals surface area contributed by atoms with Crippen molar-refractivity contribution in [1.29, 1.82) is 0 Å². The van der Waals surface area contributed by atoms with Gasteiger partial charge in [0.2, 0.25) is 11.5 Å². The molecule has 13 nitrogen and oxygen atoms in total. The van der Waals surface area contributed by atoms with Gasteiger partial charge in [0, 0.05) is 6.92 Å². The molecule has 2 aromatic carbocycles. The van der Waals surface area contributed by atoms with Crippen LogP contribution in [0.5, 0.6) is 23.0 Å². The first-order valence-electron chi connectivity index (χ1n) is 8.11. The predicted octanol–water partition coefficient (Wildman–Crippen LogP) is 2.46. The maximum atomic E-state index is 10.8. The molecular formula is C18H16N2O11. The van der Waals surface area contributed by atoms with E-state index in [1.54, 1.807) is 0 Å². The van der Waals surface area contributed by atoms with Gasteiger partial charge in [0.05, 0.1) is 35.2 Å². The zero-order valence-corrected chi connectivity index (χ0v) is 16.4. The van der Waals surface area contributed by atoms with Gasteiger partial charge in [-0.05, 0) is 24.3 Å². The largest absolute Gasteiger partial charge is 0.504 e. The number of ether oxygens (including phenoxy) is 3. The summed E-state index contributed by atoms with van der Waals surface area (Å²) in [6.45, 7) is 1.15. The Morgan fingerprint density at radius 3 is 1.74 bits per heavy atom. The molecule has 0 amide bonds. The van der Waals surface area contributed by atoms with Gasteiger partial charge in [-0.2, -0.15) is 0 Å². The van der Waals surface area contributed by atoms with Crippen molar-refractivity contribution in [3.63, 3.8) is 0 Å². The molecule has 2 aromatic rings. The number of nitrogens with zero attached hydrogens (tertiary/aromatic N) is 2. The van der Waals surface area contributed by atoms with Gasteiger partial charge in [0.15, 0.2) is 24.1 Å². The molecule has 0 aromatic heterocycles. The zero-order chi connectivity index (χ0) is 23.7. The number of rotatable bonds is 7. The number of carbonyl (C=O) groups is 3. The van der Waals surface area contributed by atoms with Crippen molar-refractivity contribution in [2.45, 2.75) is 6.92 Å². The highest BCUT2D eigenvalue weighted by molar-refractivity contribution is 5.86. The number of nitro groups is 2. The second-order valence-electron chi connectivity index (χ2n) is 5.43. The molecule has 0 atom stereocenters. The first kappa shape index (κ1) is 24.5. The third-order valence-electron chi connectivity index (χ3n) is 3.55. The van der Waals surface area contributed by atoms with E-state index in [0.717, 1.165) is 19.1 Å². The molecule has 13 heteroatoms. The van der Waals surface area contributed by atoms with E-state index >= 15 is 0 Å². The lowest BCUT2D eigenvalue weighted by atomic mass is 10.1. The van der Waals surface area contributed by atoms with Crippen molar-refractivity contribution in [3.8, 4) is 23.0 Å². The predicted molar refractivity (Wildman–Crippen MR) is 103 cm³/mol. The highest BCUT2D eigenvalue weighted by Crippen LogP contribution is 2.39. The van der Waals surface area contributed by atoms with Crippen LogP contribution in [0.25, 0.3) is 0 Å². The summed E-state index contributed by atoms with van der Waals surface area (Å²) in [6.07, 6.45) is 0.665. The minimum Gasteiger partial charge on any atom is -0.504 e. The summed E-state index contributed by atoms with van der Waals surface area (Å²) < 4.78 is 14.2. The highest BCUT2D eigenvalue weighted by atomic mass is 16.6. The summed E-state index contributed by atoms with van der Waals surface area (Å²) >= 11 is 0. The van der Waals surface area contributed by atoms with E-state index < -0.39 is 27.2 Å². The molecule has 31 heavy (non-hydrogen) atoms. The first-order chi connectivity index (χ1) is 14.6. The molecule has 0 aliphatic carbocycles. The Labute approximate surface area is 174 Å². The van der Waals surface area contributed by atoms with Crippen LogP contribution in [-0.2, 0) is 4.79 Å². The Bertz CT molecular complexity index is 1030. The number of phenols is 1. The topological polar surface area (TPSA) is 185 Å². The van der Waals surface area contributed by atoms with Gasteiger partial charge >= 0.3 is 17.3 Å². The van der Waals surface area contributed by atoms with E-state index in [1.165, 1.54) is 26.4 Å². The van der Waals surface area contributed by atoms with Crippen molar-refractivity contribution < 1.29 is 43.5 Å². The minimum absolute atomic E-state index is 0.0997. The van der Waals surface area contributed by atoms with Crippen LogP contribution in [0.3, 0.4) is 0 Å². The van der Waals surface area contributed by atoms with Crippen molar-refractivity contribution in [2.24, 2.45) is 0 Å². The number of methoxy groups -OCH3 is 2. The summed E-state index contributed by atoms with van der Waals surface area (Å²) in [4.78, 5) is 51.8. The van der Waals surface area contributed by atoms with Crippen LogP contribution in [-0.4, -0.2) is 47.7 Å². The van der Waals surface area contributed by atoms with Gasteiger partial charge in [0.25, 0.3) is 0 Å². The number of phenolic OH excluding ortho intramolecular Hbond substituents is 1. The highest BCUT2D eigenvalue weighted by Gasteiger charge is 2.26. The third kappa shape index (κ3) is 5.72. The van der Waals surface area contributed by atoms with Crippen LogP contribution in [0, 0.1) is 20.2 Å². The number of aldehydes is 2. The lowest BCUT2D eigenvalue weighted by molar-refractivity contribution is -0.386. The maximum absolute atomic E-state index is 10.8. The summed E-state index contributed by atoms with van der Waals surface area (Å²) in [5, 5.41) is 30.6. The molecule has 0 saturated heterocycles. The number of benzene rings is 2. The standard InChI is InChI=1S/C10H9NO6.C8H7NO5/c1-6(13)17-8-4-3-7(5-12)9(11(14)15)10(8)16-2;1-14-8-6(11)3-2-5(4-10)7(8)9(12)13/h3-5H,1-2H3;2-4,11H,1H3. The SMILES string of the molecule is COc1c(O)ccc(C=O)c1[N+](=O)[O-].COc1c(OC(C)=O)ccc(C=O)c1[N+](=O)[O-]. The van der Waals surface area contributed by atoms with Crippen LogP contribution < -0.4 is 14.2 Å². The van der Waals surface area contributed by atoms with Gasteiger partial charge < -0.3 is 19.3 Å². The lowest BCUT2D eigenvalue weighted by Crippen LogP contribution is -2.06. The van der Waals surface area contributed by atoms with Crippen LogP contribution in [0.4, 0.5) is 11.4 Å². The number of carbonyl (C=O) groups excluding carboxylic acids is 3. The summed E-state index contributed by atoms with van der Waals surface area (Å²) in [5.41, 5.74) is -1.34. The summed E-state index contributed by atoms with van der Waals surface area (Å²) in [6, 6.07) is 4.77. The minimum atomic E-state index is -0.776. The van der Waals surface area contributed by atoms with E-state index in [-0.39, 0.29) is 34.1 Å². The van der Waals surface area contributed by atoms with E-state index in [1.807, 2.05) is 0 Å². The van der Waals surface area contributed by atoms with Crippen molar-refractivity contribution in [1.82, 2.24) is 0 Å². The summed E-state index contributed by atoms with van der Waals surface area (Å²) in [5.74, 6) is -1.67. The van der Waals surface area contributed by atoms with Gasteiger partial charge in [-0.1, -0.05) is 0 Å². The Balaban J connectivity index is 0.000000316. The Morgan fingerprint density at radius 2 is 1.35 bits per heavy atom. The van der Waals surface area contributed by atoms with Crippen molar-refractivity contribution >= 4 is 29.9 Å². The maximum Gasteiger partial charge on any atom is 0.325 e. The Kier molecular flexibility index (Phi) is 8.57. The van der Waals surface area contributed by atoms with Gasteiger partial charge in [-0.25, -0.2) is 0 Å². The molecule has 0 unspecified atom stereocenters. The molecular weight excluding hydrogens is 420 g/mol. The van der Waals surface area contributed by atoms with Crippen LogP contribution in [0.1, 0.15) is 27.6 Å². The number of hydrogen-bond acceptors (Lipinski definition) is 11. The molecule has 1 N–H and O–H groups in total. The number of nitro benzene ring substituents is 2. The number of esters is 1. The molecule has 0 spiro atoms. The monoisotopic (exact) mass is 436 g/mol. The van der Waals surface area contributed by atoms with Gasteiger partial charge in [-0.15, -0.1) is 0 Å². The molecule has 0 aliphatic heterocycles. The fraction of sp³-hybridized carbons (Fsp3) is 0.167. The van der Waals surface area contributed by atoms with E-state index in [4.69, 9.17) is 9.47 Å². The molecule has 164 valence electrons. The van der Waals surface area contributed by atoms with Crippen LogP contribution in [0.2, 0.25) is 0 Å². The van der Waals surface area contributed by atoms with Crippen molar-refractivity contribution in [3.05, 3.63) is 55.6 Å². The second-order valence-corrected chi connectivity index (χ2v) is 5.43. The third-order valence-corrected chi connectivity index (χ3v) is 3.55. The number of aromatic hydroxyl groups is 1. The molecule has 2 rings (SSSR count). The first-order valence-corrected chi connectivity index (χ1v) is 8.11. The lowest BCUT2D eigenvalue weighted by Gasteiger charge is -2.08. The second kappa shape index (κ2) is 10.8. The molecule has 0 bridgehead atoms. The van der Waals surface area contributed by atoms with E-state index in [0.29, 0.717) is 12.6 Å². The normalized spacial score (nSPS) is 9.52. The molecule has 0 saturated carbocycles. The van der Waals surface area contributed by atoms with Crippen molar-refractivity contribution in [2.75, 3.05) is 14.2 Å². The number of hydrogen-bond donors (Lipinski definition) is 1. The van der Waals surface area contributed by atoms with E-state index in [9.17, 15) is 39.7 Å². The van der Waals surface area contributed by atoms with E-state index in [2.05, 4.69) is 4.74 Å². The van der Waals surface area contributed by atoms with Gasteiger partial charge in [0.1, 0.15) is 0 Å². The van der Waals surface area contributed by atoms with Crippen LogP contribution in [0.15, 0.2) is 24.3 Å². The fourth-order valence-electron chi connectivity index (χ4n) is 2.34. The fourth-order valence-corrected chi connectivity index (χ4v) is 2.34. The Morgan fingerprint density at radius 1 is 0.903 bits per heavy atom. The molecule has 0 aliphatic rings. The zero-order valence-electron chi connectivity index (χ0n) is 16.4. The molecule has 0 fully saturated rings. The van der Waals surface area contributed by atoms with Crippen LogP contribution >= 0.6 is 0 Å². The average Bonchev–Trinajstić information content (AvgIpc) is 2.72. The Hall–Kier alpha value is -4.55. The summed E-state index contributed by atoms with van der Waals surface area (Å²) in [7, 11) is 2.36. The molecule has 0 radical (unpaired) electrons. The average molecular weight is 436 g/mol. The molecule has 0 heterocycles. The van der Waals surface area contributed by atoms with Gasteiger partial charge in [-0.3, -0.25) is 34.6 Å². The smallest absolute Gasteiger partial charge is 0.325 e.